The van der Waals surface area contributed by atoms with Crippen LogP contribution in [0.25, 0.3) is 10.9 Å². The molecule has 0 fully saturated rings. The predicted octanol–water partition coefficient (Wildman–Crippen LogP) is 5.23. The minimum atomic E-state index is -0.457. The van der Waals surface area contributed by atoms with Crippen molar-refractivity contribution < 1.29 is 14.4 Å². The molecule has 1 aromatic carbocycles. The number of non-ortho nitro benzene ring substituents is 1. The lowest BCUT2D eigenvalue weighted by molar-refractivity contribution is -0.384. The van der Waals surface area contributed by atoms with Gasteiger partial charge in [-0.2, -0.15) is 0 Å². The molecule has 0 amide bonds. The Morgan fingerprint density at radius 3 is 2.52 bits per heavy atom. The van der Waals surface area contributed by atoms with Crippen LogP contribution in [0.4, 0.5) is 5.69 Å². The summed E-state index contributed by atoms with van der Waals surface area (Å²) in [4.78, 5) is 24.0. The van der Waals surface area contributed by atoms with E-state index >= 15 is 0 Å². The summed E-state index contributed by atoms with van der Waals surface area (Å²) in [5, 5.41) is 11.9. The Balaban J connectivity index is 2.60. The topological polar surface area (TPSA) is 83.6 Å². The van der Waals surface area contributed by atoms with Crippen LogP contribution >= 0.6 is 0 Å². The van der Waals surface area contributed by atoms with Crippen LogP contribution in [0.3, 0.4) is 0 Å². The Bertz CT molecular complexity index is 904. The molecule has 0 spiro atoms. The zero-order valence-corrected chi connectivity index (χ0v) is 17.3. The van der Waals surface area contributed by atoms with Gasteiger partial charge in [-0.05, 0) is 18.9 Å². The van der Waals surface area contributed by atoms with E-state index in [0.717, 1.165) is 38.5 Å². The molecule has 0 unspecified atom stereocenters. The zero-order valence-electron chi connectivity index (χ0n) is 17.3. The van der Waals surface area contributed by atoms with Gasteiger partial charge in [-0.15, -0.1) is 0 Å². The van der Waals surface area contributed by atoms with Crippen molar-refractivity contribution in [2.75, 3.05) is 13.2 Å². The van der Waals surface area contributed by atoms with E-state index in [2.05, 4.69) is 13.5 Å². The van der Waals surface area contributed by atoms with Crippen LogP contribution in [0.1, 0.15) is 52.4 Å². The summed E-state index contributed by atoms with van der Waals surface area (Å²) < 4.78 is 13.2. The highest BCUT2D eigenvalue weighted by Gasteiger charge is 2.21. The van der Waals surface area contributed by atoms with Gasteiger partial charge in [0, 0.05) is 24.1 Å². The first-order chi connectivity index (χ1) is 14.0. The highest BCUT2D eigenvalue weighted by atomic mass is 16.6. The van der Waals surface area contributed by atoms with Crippen molar-refractivity contribution in [3.63, 3.8) is 0 Å². The normalized spacial score (nSPS) is 10.8. The number of fused-ring (bicyclic) bond motifs is 1. The second-order valence-electron chi connectivity index (χ2n) is 6.94. The summed E-state index contributed by atoms with van der Waals surface area (Å²) in [7, 11) is 0. The third-order valence-electron chi connectivity index (χ3n) is 4.70. The Hall–Kier alpha value is -2.83. The van der Waals surface area contributed by atoms with E-state index in [1.807, 2.05) is 6.92 Å². The van der Waals surface area contributed by atoms with Crippen molar-refractivity contribution in [2.45, 2.75) is 58.9 Å². The number of benzene rings is 1. The smallest absolute Gasteiger partial charge is 0.297 e. The van der Waals surface area contributed by atoms with Gasteiger partial charge in [0.15, 0.2) is 5.75 Å². The molecule has 1 heterocycles. The third kappa shape index (κ3) is 5.59. The summed E-state index contributed by atoms with van der Waals surface area (Å²) in [6.45, 7) is 8.89. The summed E-state index contributed by atoms with van der Waals surface area (Å²) in [6, 6.07) is 4.50. The maximum atomic E-state index is 13.2. The van der Waals surface area contributed by atoms with Crippen LogP contribution in [0.15, 0.2) is 35.6 Å². The molecule has 0 bridgehead atoms. The number of aryl methyl sites for hydroxylation is 1. The van der Waals surface area contributed by atoms with Gasteiger partial charge in [0.1, 0.15) is 6.61 Å². The van der Waals surface area contributed by atoms with Crippen molar-refractivity contribution in [1.29, 1.82) is 0 Å². The Kier molecular flexibility index (Phi) is 8.70. The Morgan fingerprint density at radius 1 is 1.10 bits per heavy atom. The molecule has 7 heteroatoms. The van der Waals surface area contributed by atoms with Crippen LogP contribution in [0, 0.1) is 10.1 Å². The molecule has 7 nitrogen and oxygen atoms in total. The van der Waals surface area contributed by atoms with Gasteiger partial charge in [-0.3, -0.25) is 14.9 Å². The van der Waals surface area contributed by atoms with E-state index in [1.165, 1.54) is 12.1 Å². The number of unbranched alkanes of at least 4 members (excludes halogenated alkanes) is 4. The first-order valence-corrected chi connectivity index (χ1v) is 10.3. The van der Waals surface area contributed by atoms with Gasteiger partial charge < -0.3 is 14.0 Å². The van der Waals surface area contributed by atoms with E-state index < -0.39 is 4.92 Å². The maximum Gasteiger partial charge on any atom is 0.297 e. The fraction of sp³-hybridized carbons (Fsp3) is 0.500. The number of pyridine rings is 1. The van der Waals surface area contributed by atoms with Crippen LogP contribution < -0.4 is 15.0 Å². The van der Waals surface area contributed by atoms with E-state index in [0.29, 0.717) is 29.8 Å². The molecule has 0 aliphatic heterocycles. The van der Waals surface area contributed by atoms with Gasteiger partial charge in [0.05, 0.1) is 17.0 Å². The van der Waals surface area contributed by atoms with Gasteiger partial charge in [-0.25, -0.2) is 0 Å². The molecule has 0 saturated carbocycles. The van der Waals surface area contributed by atoms with E-state index in [4.69, 9.17) is 9.47 Å². The van der Waals surface area contributed by atoms with Crippen molar-refractivity contribution >= 4 is 16.6 Å². The standard InChI is InChI=1S/C22H30N2O5/c1-4-7-9-10-15-29-20-18-12-11-17(24(26)27)16-19(18)23(13-8-5-2)22(25)21(20)28-14-6-3/h6,11-12,16H,3-5,7-10,13-15H2,1-2H3. The highest BCUT2D eigenvalue weighted by Crippen LogP contribution is 2.35. The van der Waals surface area contributed by atoms with Gasteiger partial charge >= 0.3 is 0 Å². The fourth-order valence-corrected chi connectivity index (χ4v) is 3.15. The number of hydrogen-bond acceptors (Lipinski definition) is 5. The minimum Gasteiger partial charge on any atom is -0.489 e. The van der Waals surface area contributed by atoms with Crippen molar-refractivity contribution in [3.8, 4) is 11.5 Å². The average Bonchev–Trinajstić information content (AvgIpc) is 2.72. The van der Waals surface area contributed by atoms with Gasteiger partial charge in [0.2, 0.25) is 5.75 Å². The van der Waals surface area contributed by atoms with E-state index in [-0.39, 0.29) is 23.6 Å². The van der Waals surface area contributed by atoms with Crippen LogP contribution in [-0.4, -0.2) is 22.7 Å². The molecule has 2 rings (SSSR count). The second-order valence-corrected chi connectivity index (χ2v) is 6.94. The number of nitro groups is 1. The monoisotopic (exact) mass is 402 g/mol. The van der Waals surface area contributed by atoms with Crippen LogP contribution in [-0.2, 0) is 6.54 Å². The number of ether oxygens (including phenoxy) is 2. The largest absolute Gasteiger partial charge is 0.489 e. The molecule has 0 aliphatic rings. The average molecular weight is 402 g/mol. The van der Waals surface area contributed by atoms with Crippen LogP contribution in [0.5, 0.6) is 11.5 Å². The molecule has 0 radical (unpaired) electrons. The molecule has 1 aromatic heterocycles. The van der Waals surface area contributed by atoms with E-state index in [9.17, 15) is 14.9 Å². The molecule has 0 N–H and O–H groups in total. The summed E-state index contributed by atoms with van der Waals surface area (Å²) >= 11 is 0. The molecule has 158 valence electrons. The first kappa shape index (κ1) is 22.5. The quantitative estimate of drug-likeness (QED) is 0.198. The number of nitro benzene ring substituents is 1. The highest BCUT2D eigenvalue weighted by molar-refractivity contribution is 5.89. The molecule has 2 aromatic rings. The summed E-state index contributed by atoms with van der Waals surface area (Å²) in [5.41, 5.74) is 0.0971. The van der Waals surface area contributed by atoms with Crippen LogP contribution in [0.2, 0.25) is 0 Å². The maximum absolute atomic E-state index is 13.2. The lowest BCUT2D eigenvalue weighted by Gasteiger charge is -2.18. The predicted molar refractivity (Wildman–Crippen MR) is 115 cm³/mol. The molecular formula is C22H30N2O5. The fourth-order valence-electron chi connectivity index (χ4n) is 3.15. The SMILES string of the molecule is C=CCOc1c(OCCCCCC)c2ccc([N+](=O)[O-])cc2n(CCCC)c1=O. The van der Waals surface area contributed by atoms with Crippen molar-refractivity contribution in [1.82, 2.24) is 4.57 Å². The van der Waals surface area contributed by atoms with Gasteiger partial charge in [0.25, 0.3) is 11.2 Å². The number of hydrogen-bond donors (Lipinski definition) is 0. The van der Waals surface area contributed by atoms with Crippen molar-refractivity contribution in [3.05, 3.63) is 51.3 Å². The Morgan fingerprint density at radius 2 is 1.86 bits per heavy atom. The molecule has 0 aliphatic carbocycles. The molecular weight excluding hydrogens is 372 g/mol. The second kappa shape index (κ2) is 11.2. The summed E-state index contributed by atoms with van der Waals surface area (Å²) in [5.74, 6) is 0.490. The molecule has 0 atom stereocenters. The Labute approximate surface area is 171 Å². The minimum absolute atomic E-state index is 0.0594. The zero-order chi connectivity index (χ0) is 21.2. The lowest BCUT2D eigenvalue weighted by Crippen LogP contribution is -2.24. The number of nitrogens with zero attached hydrogens (tertiary/aromatic N) is 2. The third-order valence-corrected chi connectivity index (χ3v) is 4.70. The first-order valence-electron chi connectivity index (χ1n) is 10.3. The molecule has 29 heavy (non-hydrogen) atoms. The summed E-state index contributed by atoms with van der Waals surface area (Å²) in [6.07, 6.45) is 7.37. The van der Waals surface area contributed by atoms with Crippen molar-refractivity contribution in [2.24, 2.45) is 0 Å². The van der Waals surface area contributed by atoms with Gasteiger partial charge in [-0.1, -0.05) is 52.2 Å². The number of rotatable bonds is 13. The molecule has 0 saturated heterocycles. The lowest BCUT2D eigenvalue weighted by atomic mass is 10.1. The van der Waals surface area contributed by atoms with E-state index in [1.54, 1.807) is 16.7 Å². The number of aromatic nitrogens is 1.